The summed E-state index contributed by atoms with van der Waals surface area (Å²) in [5.74, 6) is -4.77. The van der Waals surface area contributed by atoms with Gasteiger partial charge in [-0.2, -0.15) is 13.2 Å². The van der Waals surface area contributed by atoms with Gasteiger partial charge in [-0.3, -0.25) is 4.79 Å². The molecule has 1 aliphatic heterocycles. The second-order valence-corrected chi connectivity index (χ2v) is 7.31. The first-order valence-corrected chi connectivity index (χ1v) is 8.98. The highest BCUT2D eigenvalue weighted by Crippen LogP contribution is 2.50. The van der Waals surface area contributed by atoms with Gasteiger partial charge in [0.25, 0.3) is 0 Å². The first-order chi connectivity index (χ1) is 13.1. The molecule has 28 heavy (non-hydrogen) atoms. The Morgan fingerprint density at radius 3 is 2.57 bits per heavy atom. The number of piperazine rings is 1. The number of amides is 3. The lowest BCUT2D eigenvalue weighted by molar-refractivity contribution is -0.206. The van der Waals surface area contributed by atoms with Crippen molar-refractivity contribution in [1.29, 1.82) is 0 Å². The Bertz CT molecular complexity index is 783. The van der Waals surface area contributed by atoms with Crippen LogP contribution in [0.5, 0.6) is 0 Å². The van der Waals surface area contributed by atoms with E-state index < -0.39 is 46.7 Å². The van der Waals surface area contributed by atoms with E-state index in [0.29, 0.717) is 0 Å². The van der Waals surface area contributed by atoms with Crippen LogP contribution in [-0.4, -0.2) is 42.6 Å². The second kappa shape index (κ2) is 7.73. The van der Waals surface area contributed by atoms with E-state index in [1.54, 1.807) is 0 Å². The predicted octanol–water partition coefficient (Wildman–Crippen LogP) is 3.39. The van der Waals surface area contributed by atoms with Crippen LogP contribution in [0, 0.1) is 23.5 Å². The molecule has 1 aromatic carbocycles. The summed E-state index contributed by atoms with van der Waals surface area (Å²) in [6.07, 6.45) is -4.98. The monoisotopic (exact) mass is 425 g/mol. The van der Waals surface area contributed by atoms with Crippen LogP contribution in [0.1, 0.15) is 24.4 Å². The fraction of sp³-hybridized carbons (Fsp3) is 0.529. The summed E-state index contributed by atoms with van der Waals surface area (Å²) in [5, 5.41) is 4.25. The topological polar surface area (TPSA) is 61.4 Å². The molecule has 3 rings (SSSR count). The van der Waals surface area contributed by atoms with E-state index in [1.165, 1.54) is 4.90 Å². The molecule has 2 aliphatic rings. The van der Waals surface area contributed by atoms with Gasteiger partial charge >= 0.3 is 12.2 Å². The molecule has 2 N–H and O–H groups in total. The van der Waals surface area contributed by atoms with Crippen molar-refractivity contribution in [2.75, 3.05) is 19.6 Å². The molecule has 0 bridgehead atoms. The van der Waals surface area contributed by atoms with Gasteiger partial charge in [-0.1, -0.05) is 17.7 Å². The van der Waals surface area contributed by atoms with Gasteiger partial charge in [-0.25, -0.2) is 13.6 Å². The van der Waals surface area contributed by atoms with E-state index in [2.05, 4.69) is 10.6 Å². The number of urea groups is 1. The fourth-order valence-corrected chi connectivity index (χ4v) is 3.64. The zero-order valence-electron chi connectivity index (χ0n) is 14.5. The number of carbonyl (C=O) groups is 2. The van der Waals surface area contributed by atoms with Crippen LogP contribution in [-0.2, 0) is 4.79 Å². The molecule has 1 heterocycles. The standard InChI is InChI=1S/C17H17ClF5N3O2/c18-13-11(19)2-1-10(14(13)20)15(8-5-9(6-8)17(21,22)23)25-16(28)26-4-3-24-12(27)7-26/h1-2,8-9,15H,3-7H2,(H,24,27)(H,25,28)/t8-,9-,15-/m0/s1. The second-order valence-electron chi connectivity index (χ2n) is 6.93. The highest BCUT2D eigenvalue weighted by atomic mass is 35.5. The van der Waals surface area contributed by atoms with Gasteiger partial charge in [0.05, 0.1) is 12.0 Å². The zero-order chi connectivity index (χ0) is 20.6. The number of nitrogens with one attached hydrogen (secondary N) is 2. The molecule has 1 saturated carbocycles. The van der Waals surface area contributed by atoms with Gasteiger partial charge in [0.1, 0.15) is 23.2 Å². The first kappa shape index (κ1) is 20.6. The lowest BCUT2D eigenvalue weighted by Crippen LogP contribution is -2.54. The number of hydrogen-bond acceptors (Lipinski definition) is 2. The zero-order valence-corrected chi connectivity index (χ0v) is 15.2. The number of hydrogen-bond donors (Lipinski definition) is 2. The molecule has 1 atom stereocenters. The number of carbonyl (C=O) groups excluding carboxylic acids is 2. The molecule has 3 amide bonds. The fourth-order valence-electron chi connectivity index (χ4n) is 3.47. The van der Waals surface area contributed by atoms with Crippen molar-refractivity contribution in [3.63, 3.8) is 0 Å². The lowest BCUT2D eigenvalue weighted by atomic mass is 9.69. The molecular formula is C17H17ClF5N3O2. The first-order valence-electron chi connectivity index (χ1n) is 8.60. The Balaban J connectivity index is 1.82. The van der Waals surface area contributed by atoms with E-state index in [-0.39, 0.29) is 43.9 Å². The Morgan fingerprint density at radius 1 is 1.29 bits per heavy atom. The minimum absolute atomic E-state index is 0.188. The van der Waals surface area contributed by atoms with Crippen LogP contribution in [0.4, 0.5) is 26.7 Å². The van der Waals surface area contributed by atoms with Crippen LogP contribution in [0.2, 0.25) is 5.02 Å². The summed E-state index contributed by atoms with van der Waals surface area (Å²) < 4.78 is 66.5. The van der Waals surface area contributed by atoms with Crippen LogP contribution < -0.4 is 10.6 Å². The molecule has 11 heteroatoms. The van der Waals surface area contributed by atoms with Crippen molar-refractivity contribution >= 4 is 23.5 Å². The van der Waals surface area contributed by atoms with Gasteiger partial charge < -0.3 is 15.5 Å². The minimum Gasteiger partial charge on any atom is -0.353 e. The summed E-state index contributed by atoms with van der Waals surface area (Å²) >= 11 is 5.59. The Labute approximate surface area is 162 Å². The normalized spacial score (nSPS) is 23.6. The van der Waals surface area contributed by atoms with Crippen molar-refractivity contribution in [1.82, 2.24) is 15.5 Å². The molecule has 5 nitrogen and oxygen atoms in total. The van der Waals surface area contributed by atoms with E-state index >= 15 is 0 Å². The van der Waals surface area contributed by atoms with E-state index in [4.69, 9.17) is 11.6 Å². The third kappa shape index (κ3) is 4.16. The van der Waals surface area contributed by atoms with Crippen LogP contribution >= 0.6 is 11.6 Å². The minimum atomic E-state index is -4.38. The summed E-state index contributed by atoms with van der Waals surface area (Å²) in [6, 6.07) is 0.115. The highest BCUT2D eigenvalue weighted by molar-refractivity contribution is 6.31. The van der Waals surface area contributed by atoms with E-state index in [9.17, 15) is 31.5 Å². The molecular weight excluding hydrogens is 409 g/mol. The Hall–Kier alpha value is -2.10. The summed E-state index contributed by atoms with van der Waals surface area (Å²) in [6.45, 7) is 0.209. The van der Waals surface area contributed by atoms with Crippen LogP contribution in [0.3, 0.4) is 0 Å². The van der Waals surface area contributed by atoms with Crippen molar-refractivity contribution in [2.24, 2.45) is 11.8 Å². The molecule has 154 valence electrons. The van der Waals surface area contributed by atoms with Crippen LogP contribution in [0.25, 0.3) is 0 Å². The number of nitrogens with zero attached hydrogens (tertiary/aromatic N) is 1. The Morgan fingerprint density at radius 2 is 1.96 bits per heavy atom. The molecule has 0 aromatic heterocycles. The quantitative estimate of drug-likeness (QED) is 0.576. The van der Waals surface area contributed by atoms with Crippen molar-refractivity contribution in [3.8, 4) is 0 Å². The summed E-state index contributed by atoms with van der Waals surface area (Å²) in [7, 11) is 0. The maximum Gasteiger partial charge on any atom is 0.391 e. The van der Waals surface area contributed by atoms with Gasteiger partial charge in [0.2, 0.25) is 5.91 Å². The number of halogens is 6. The third-order valence-electron chi connectivity index (χ3n) is 5.11. The largest absolute Gasteiger partial charge is 0.391 e. The van der Waals surface area contributed by atoms with E-state index in [1.807, 2.05) is 0 Å². The average Bonchev–Trinajstić information content (AvgIpc) is 2.56. The smallest absolute Gasteiger partial charge is 0.353 e. The van der Waals surface area contributed by atoms with Gasteiger partial charge in [0, 0.05) is 18.7 Å². The van der Waals surface area contributed by atoms with Crippen LogP contribution in [0.15, 0.2) is 12.1 Å². The summed E-state index contributed by atoms with van der Waals surface area (Å²) in [5.41, 5.74) is -0.188. The molecule has 2 fully saturated rings. The molecule has 1 aromatic rings. The highest BCUT2D eigenvalue weighted by Gasteiger charge is 2.50. The Kier molecular flexibility index (Phi) is 5.69. The third-order valence-corrected chi connectivity index (χ3v) is 5.46. The molecule has 1 saturated heterocycles. The average molecular weight is 426 g/mol. The molecule has 0 unspecified atom stereocenters. The van der Waals surface area contributed by atoms with Gasteiger partial charge in [0.15, 0.2) is 0 Å². The van der Waals surface area contributed by atoms with Crippen molar-refractivity contribution < 1.29 is 31.5 Å². The van der Waals surface area contributed by atoms with Gasteiger partial charge in [-0.05, 0) is 24.8 Å². The maximum atomic E-state index is 14.5. The lowest BCUT2D eigenvalue weighted by Gasteiger charge is -2.42. The summed E-state index contributed by atoms with van der Waals surface area (Å²) in [4.78, 5) is 25.1. The van der Waals surface area contributed by atoms with Crippen molar-refractivity contribution in [3.05, 3.63) is 34.4 Å². The molecule has 0 radical (unpaired) electrons. The van der Waals surface area contributed by atoms with Crippen molar-refractivity contribution in [2.45, 2.75) is 25.1 Å². The predicted molar refractivity (Wildman–Crippen MR) is 89.5 cm³/mol. The maximum absolute atomic E-state index is 14.5. The van der Waals surface area contributed by atoms with E-state index in [0.717, 1.165) is 12.1 Å². The number of benzene rings is 1. The SMILES string of the molecule is O=C1CN(C(=O)N[C@H](c2ccc(F)c(Cl)c2F)[C@H]2C[C@H](C(F)(F)F)C2)CCN1. The molecule has 0 spiro atoms. The molecule has 1 aliphatic carbocycles. The number of rotatable bonds is 3. The van der Waals surface area contributed by atoms with Gasteiger partial charge in [-0.15, -0.1) is 0 Å². The number of alkyl halides is 3.